The van der Waals surface area contributed by atoms with Crippen molar-refractivity contribution in [1.29, 1.82) is 0 Å². The molecular formula is C14H10BrF3O3. The summed E-state index contributed by atoms with van der Waals surface area (Å²) in [6.45, 7) is -0.107. The van der Waals surface area contributed by atoms with Gasteiger partial charge in [-0.15, -0.1) is 0 Å². The van der Waals surface area contributed by atoms with E-state index < -0.39 is 23.5 Å². The fourth-order valence-electron chi connectivity index (χ4n) is 1.72. The van der Waals surface area contributed by atoms with Crippen LogP contribution in [0.15, 0.2) is 41.0 Å². The SMILES string of the molecule is O=C(OCc1ccccc1)c1c(CBr)coc1C(F)(F)F. The van der Waals surface area contributed by atoms with E-state index in [1.54, 1.807) is 30.3 Å². The van der Waals surface area contributed by atoms with Gasteiger partial charge in [0.25, 0.3) is 0 Å². The maximum absolute atomic E-state index is 12.8. The van der Waals surface area contributed by atoms with Crippen LogP contribution in [0.4, 0.5) is 13.2 Å². The zero-order valence-electron chi connectivity index (χ0n) is 10.6. The highest BCUT2D eigenvalue weighted by Gasteiger charge is 2.41. The maximum Gasteiger partial charge on any atom is 0.450 e. The maximum atomic E-state index is 12.8. The molecule has 2 rings (SSSR count). The molecule has 0 aliphatic heterocycles. The lowest BCUT2D eigenvalue weighted by molar-refractivity contribution is -0.153. The van der Waals surface area contributed by atoms with Crippen LogP contribution in [-0.2, 0) is 22.9 Å². The summed E-state index contributed by atoms with van der Waals surface area (Å²) in [5, 5.41) is 0.0579. The Labute approximate surface area is 126 Å². The van der Waals surface area contributed by atoms with Gasteiger partial charge in [-0.3, -0.25) is 0 Å². The van der Waals surface area contributed by atoms with Crippen LogP contribution in [0.2, 0.25) is 0 Å². The highest BCUT2D eigenvalue weighted by Crippen LogP contribution is 2.35. The fraction of sp³-hybridized carbons (Fsp3) is 0.214. The number of furan rings is 1. The van der Waals surface area contributed by atoms with Crippen LogP contribution in [0.25, 0.3) is 0 Å². The van der Waals surface area contributed by atoms with Crippen molar-refractivity contribution in [1.82, 2.24) is 0 Å². The van der Waals surface area contributed by atoms with E-state index in [-0.39, 0.29) is 17.5 Å². The van der Waals surface area contributed by atoms with Crippen molar-refractivity contribution in [2.24, 2.45) is 0 Å². The number of rotatable bonds is 4. The van der Waals surface area contributed by atoms with Gasteiger partial charge in [0.2, 0.25) is 5.76 Å². The lowest BCUT2D eigenvalue weighted by Crippen LogP contribution is -2.14. The summed E-state index contributed by atoms with van der Waals surface area (Å²) in [5.74, 6) is -2.40. The normalized spacial score (nSPS) is 11.4. The van der Waals surface area contributed by atoms with Gasteiger partial charge in [0, 0.05) is 10.9 Å². The summed E-state index contributed by atoms with van der Waals surface area (Å²) in [6, 6.07) is 8.68. The quantitative estimate of drug-likeness (QED) is 0.591. The van der Waals surface area contributed by atoms with Crippen LogP contribution in [0, 0.1) is 0 Å². The van der Waals surface area contributed by atoms with E-state index in [0.29, 0.717) is 5.56 Å². The molecule has 21 heavy (non-hydrogen) atoms. The van der Waals surface area contributed by atoms with E-state index in [0.717, 1.165) is 6.26 Å². The van der Waals surface area contributed by atoms with Gasteiger partial charge < -0.3 is 9.15 Å². The van der Waals surface area contributed by atoms with Crippen molar-refractivity contribution in [3.05, 3.63) is 59.0 Å². The summed E-state index contributed by atoms with van der Waals surface area (Å²) in [5.41, 5.74) is 0.194. The van der Waals surface area contributed by atoms with E-state index in [2.05, 4.69) is 20.3 Å². The van der Waals surface area contributed by atoms with Crippen molar-refractivity contribution in [3.8, 4) is 0 Å². The molecule has 0 aliphatic rings. The second-order valence-corrected chi connectivity index (χ2v) is 4.72. The van der Waals surface area contributed by atoms with Gasteiger partial charge in [0.05, 0.1) is 6.26 Å². The standard InChI is InChI=1S/C14H10BrF3O3/c15-6-10-8-20-12(14(16,17)18)11(10)13(19)21-7-9-4-2-1-3-5-9/h1-5,8H,6-7H2. The molecule has 1 aromatic heterocycles. The van der Waals surface area contributed by atoms with Crippen LogP contribution < -0.4 is 0 Å². The predicted molar refractivity (Wildman–Crippen MR) is 71.9 cm³/mol. The molecule has 1 heterocycles. The molecule has 0 radical (unpaired) electrons. The topological polar surface area (TPSA) is 39.4 Å². The minimum Gasteiger partial charge on any atom is -0.459 e. The lowest BCUT2D eigenvalue weighted by atomic mass is 10.1. The van der Waals surface area contributed by atoms with Crippen LogP contribution in [0.3, 0.4) is 0 Å². The Bertz CT molecular complexity index is 620. The molecule has 0 fully saturated rings. The second kappa shape index (κ2) is 6.34. The Hall–Kier alpha value is -1.76. The van der Waals surface area contributed by atoms with Crippen molar-refractivity contribution >= 4 is 21.9 Å². The Kier molecular flexibility index (Phi) is 4.72. The van der Waals surface area contributed by atoms with E-state index in [1.807, 2.05) is 0 Å². The molecule has 0 bridgehead atoms. The third-order valence-corrected chi connectivity index (χ3v) is 3.29. The molecule has 7 heteroatoms. The molecule has 0 unspecified atom stereocenters. The highest BCUT2D eigenvalue weighted by molar-refractivity contribution is 9.08. The summed E-state index contributed by atoms with van der Waals surface area (Å²) < 4.78 is 47.8. The van der Waals surface area contributed by atoms with Gasteiger partial charge in [0.1, 0.15) is 12.2 Å². The first-order valence-electron chi connectivity index (χ1n) is 5.88. The van der Waals surface area contributed by atoms with E-state index in [1.165, 1.54) is 0 Å². The van der Waals surface area contributed by atoms with Gasteiger partial charge >= 0.3 is 12.1 Å². The third kappa shape index (κ3) is 3.66. The zero-order chi connectivity index (χ0) is 15.5. The smallest absolute Gasteiger partial charge is 0.450 e. The Morgan fingerprint density at radius 3 is 2.48 bits per heavy atom. The molecule has 0 aliphatic carbocycles. The molecule has 0 spiro atoms. The first kappa shape index (κ1) is 15.6. The number of ether oxygens (including phenoxy) is 1. The first-order valence-corrected chi connectivity index (χ1v) is 7.00. The molecule has 0 N–H and O–H groups in total. The average Bonchev–Trinajstić information content (AvgIpc) is 2.90. The molecular weight excluding hydrogens is 353 g/mol. The Balaban J connectivity index is 2.20. The fourth-order valence-corrected chi connectivity index (χ4v) is 2.13. The molecule has 2 aromatic rings. The van der Waals surface area contributed by atoms with Crippen LogP contribution >= 0.6 is 15.9 Å². The Morgan fingerprint density at radius 1 is 1.24 bits per heavy atom. The molecule has 0 amide bonds. The van der Waals surface area contributed by atoms with Gasteiger partial charge in [0.15, 0.2) is 0 Å². The van der Waals surface area contributed by atoms with Crippen molar-refractivity contribution in [2.45, 2.75) is 18.1 Å². The van der Waals surface area contributed by atoms with Gasteiger partial charge in [-0.1, -0.05) is 46.3 Å². The largest absolute Gasteiger partial charge is 0.459 e. The molecule has 0 saturated heterocycles. The minimum atomic E-state index is -4.75. The minimum absolute atomic E-state index is 0.0579. The van der Waals surface area contributed by atoms with Crippen molar-refractivity contribution in [2.75, 3.05) is 0 Å². The molecule has 112 valence electrons. The van der Waals surface area contributed by atoms with Crippen LogP contribution in [0.1, 0.15) is 27.2 Å². The van der Waals surface area contributed by atoms with Crippen LogP contribution in [-0.4, -0.2) is 5.97 Å². The molecule has 0 atom stereocenters. The van der Waals surface area contributed by atoms with Crippen molar-refractivity contribution < 1.29 is 27.1 Å². The number of benzene rings is 1. The number of hydrogen-bond acceptors (Lipinski definition) is 3. The molecule has 1 aromatic carbocycles. The summed E-state index contributed by atoms with van der Waals surface area (Å²) in [6.07, 6.45) is -3.85. The highest BCUT2D eigenvalue weighted by atomic mass is 79.9. The van der Waals surface area contributed by atoms with E-state index >= 15 is 0 Å². The van der Waals surface area contributed by atoms with Gasteiger partial charge in [-0.2, -0.15) is 13.2 Å². The number of carbonyl (C=O) groups is 1. The number of halogens is 4. The summed E-state index contributed by atoms with van der Waals surface area (Å²) in [7, 11) is 0. The second-order valence-electron chi connectivity index (χ2n) is 4.16. The monoisotopic (exact) mass is 362 g/mol. The van der Waals surface area contributed by atoms with E-state index in [4.69, 9.17) is 4.74 Å². The number of esters is 1. The number of hydrogen-bond donors (Lipinski definition) is 0. The van der Waals surface area contributed by atoms with Crippen molar-refractivity contribution in [3.63, 3.8) is 0 Å². The summed E-state index contributed by atoms with van der Waals surface area (Å²) >= 11 is 3.02. The van der Waals surface area contributed by atoms with Gasteiger partial charge in [-0.05, 0) is 5.56 Å². The zero-order valence-corrected chi connectivity index (χ0v) is 12.2. The average molecular weight is 363 g/mol. The van der Waals surface area contributed by atoms with Crippen LogP contribution in [0.5, 0.6) is 0 Å². The number of alkyl halides is 4. The first-order chi connectivity index (χ1) is 9.93. The van der Waals surface area contributed by atoms with Gasteiger partial charge in [-0.25, -0.2) is 4.79 Å². The summed E-state index contributed by atoms with van der Waals surface area (Å²) in [4.78, 5) is 11.9. The molecule has 0 saturated carbocycles. The lowest BCUT2D eigenvalue weighted by Gasteiger charge is -2.08. The van der Waals surface area contributed by atoms with E-state index in [9.17, 15) is 18.0 Å². The Morgan fingerprint density at radius 2 is 1.90 bits per heavy atom. The number of carbonyl (C=O) groups excluding carboxylic acids is 1. The predicted octanol–water partition coefficient (Wildman–Crippen LogP) is 4.55. The third-order valence-electron chi connectivity index (χ3n) is 2.69. The molecule has 3 nitrogen and oxygen atoms in total.